The summed E-state index contributed by atoms with van der Waals surface area (Å²) >= 11 is 0. The zero-order chi connectivity index (χ0) is 43.8. The number of likely N-dealkylation sites (N-methyl/N-ethyl adjacent to an activating group) is 1. The summed E-state index contributed by atoms with van der Waals surface area (Å²) in [7, 11) is -6.72. The number of fused-ring (bicyclic) bond motifs is 5. The number of nitrogens with zero attached hydrogens (tertiary/aromatic N) is 2. The molecule has 0 bridgehead atoms. The highest BCUT2D eigenvalue weighted by molar-refractivity contribution is 7.86. The molecular formula is C44H38N2O13S2. The zero-order valence-electron chi connectivity index (χ0n) is 32.2. The smallest absolute Gasteiger partial charge is 0.295 e. The topological polar surface area (TPSA) is 248 Å². The minimum Gasteiger partial charge on any atom is -0.508 e. The number of hydrogen-bond donors (Lipinski definition) is 7. The van der Waals surface area contributed by atoms with Gasteiger partial charge in [0, 0.05) is 71.1 Å². The maximum absolute atomic E-state index is 12.1. The Morgan fingerprint density at radius 3 is 1.89 bits per heavy atom. The largest absolute Gasteiger partial charge is 0.508 e. The van der Waals surface area contributed by atoms with Crippen molar-refractivity contribution in [2.75, 3.05) is 13.6 Å². The molecule has 0 saturated heterocycles. The minimum absolute atomic E-state index is 0.0233. The van der Waals surface area contributed by atoms with Crippen LogP contribution in [0, 0.1) is 0 Å². The van der Waals surface area contributed by atoms with Crippen molar-refractivity contribution >= 4 is 52.9 Å². The molecule has 7 N–H and O–H groups in total. The van der Waals surface area contributed by atoms with Crippen LogP contribution >= 0.6 is 0 Å². The molecule has 61 heavy (non-hydrogen) atoms. The summed E-state index contributed by atoms with van der Waals surface area (Å²) in [6, 6.07) is 32.8. The quantitative estimate of drug-likeness (QED) is 0.0680. The van der Waals surface area contributed by atoms with Crippen LogP contribution in [0.15, 0.2) is 140 Å². The molecule has 0 aliphatic carbocycles. The van der Waals surface area contributed by atoms with E-state index in [1.165, 1.54) is 58.1 Å². The fourth-order valence-electron chi connectivity index (χ4n) is 7.32. The average molecular weight is 867 g/mol. The molecule has 8 aromatic rings. The van der Waals surface area contributed by atoms with Gasteiger partial charge in [-0.25, -0.2) is 0 Å². The van der Waals surface area contributed by atoms with Crippen LogP contribution in [0.1, 0.15) is 16.8 Å². The monoisotopic (exact) mass is 866 g/mol. The first-order valence-corrected chi connectivity index (χ1v) is 21.3. The van der Waals surface area contributed by atoms with Gasteiger partial charge in [-0.15, -0.1) is 0 Å². The van der Waals surface area contributed by atoms with Crippen LogP contribution in [0.2, 0.25) is 0 Å². The second-order valence-corrected chi connectivity index (χ2v) is 17.0. The van der Waals surface area contributed by atoms with Crippen molar-refractivity contribution in [3.8, 4) is 40.1 Å². The molecule has 1 aliphatic heterocycles. The molecule has 314 valence electrons. The van der Waals surface area contributed by atoms with Crippen molar-refractivity contribution in [1.29, 1.82) is 0 Å². The first kappa shape index (κ1) is 42.2. The van der Waals surface area contributed by atoms with E-state index in [1.54, 1.807) is 0 Å². The summed E-state index contributed by atoms with van der Waals surface area (Å²) in [5.41, 5.74) is 4.91. The molecule has 6 aromatic carbocycles. The summed E-state index contributed by atoms with van der Waals surface area (Å²) in [5.74, 6) is -2.71. The lowest BCUT2D eigenvalue weighted by Gasteiger charge is -2.24. The highest BCUT2D eigenvalue weighted by Crippen LogP contribution is 2.38. The van der Waals surface area contributed by atoms with Crippen molar-refractivity contribution < 1.29 is 55.9 Å². The minimum atomic E-state index is -4.47. The van der Waals surface area contributed by atoms with Gasteiger partial charge in [-0.2, -0.15) is 16.8 Å². The van der Waals surface area contributed by atoms with Crippen LogP contribution < -0.4 is 5.43 Å². The lowest BCUT2D eigenvalue weighted by molar-refractivity contribution is 0.310. The van der Waals surface area contributed by atoms with Gasteiger partial charge in [0.15, 0.2) is 17.3 Å². The Kier molecular flexibility index (Phi) is 11.5. The van der Waals surface area contributed by atoms with Crippen molar-refractivity contribution in [1.82, 2.24) is 9.47 Å². The lowest BCUT2D eigenvalue weighted by Crippen LogP contribution is -2.27. The SMILES string of the molecule is CN1CCc2c(c3ccccc3n2Cc2ccccc2)C1.O=S(=O)(O)c1cccc2c(S(=O)(=O)O)cccc12.O=c1c(O)c(-c2ccc(O)c(O)c2)oc2cc(O)cc(O)c12. The Labute approximate surface area is 348 Å². The van der Waals surface area contributed by atoms with E-state index in [2.05, 4.69) is 71.1 Å². The van der Waals surface area contributed by atoms with Crippen LogP contribution in [0.25, 0.3) is 44.0 Å². The standard InChI is InChI=1S/C19H20N2.C15H10O7.C10H8O6S2/c1-20-12-11-19-17(14-20)16-9-5-6-10-18(16)21(19)13-15-7-3-2-4-8-15;16-7-4-10(19)12-11(5-7)22-15(14(21)13(12)20)6-1-2-8(17)9(18)3-6;11-17(12,13)9-5-1-3-7-8(9)4-2-6-10(7)18(14,15)16/h2-10H,11-14H2,1H3;1-5,16-19,21H;1-6H,(H,11,12,13)(H,14,15,16). The highest BCUT2D eigenvalue weighted by atomic mass is 32.2. The lowest BCUT2D eigenvalue weighted by atomic mass is 10.1. The van der Waals surface area contributed by atoms with E-state index < -0.39 is 52.7 Å². The van der Waals surface area contributed by atoms with E-state index >= 15 is 0 Å². The number of para-hydroxylation sites is 1. The zero-order valence-corrected chi connectivity index (χ0v) is 33.8. The van der Waals surface area contributed by atoms with Crippen molar-refractivity contribution in [2.24, 2.45) is 0 Å². The van der Waals surface area contributed by atoms with Gasteiger partial charge >= 0.3 is 0 Å². The summed E-state index contributed by atoms with van der Waals surface area (Å²) < 4.78 is 70.6. The summed E-state index contributed by atoms with van der Waals surface area (Å²) in [6.07, 6.45) is 1.15. The summed E-state index contributed by atoms with van der Waals surface area (Å²) in [5, 5.41) is 49.1. The number of benzene rings is 6. The van der Waals surface area contributed by atoms with E-state index in [0.29, 0.717) is 0 Å². The maximum atomic E-state index is 12.1. The van der Waals surface area contributed by atoms with Gasteiger partial charge in [0.2, 0.25) is 11.2 Å². The van der Waals surface area contributed by atoms with Gasteiger partial charge in [0.1, 0.15) is 32.3 Å². The van der Waals surface area contributed by atoms with Gasteiger partial charge in [-0.05, 0) is 54.6 Å². The van der Waals surface area contributed by atoms with Crippen LogP contribution in [0.3, 0.4) is 0 Å². The van der Waals surface area contributed by atoms with E-state index in [1.807, 2.05) is 0 Å². The molecular weight excluding hydrogens is 829 g/mol. The Balaban J connectivity index is 0.000000139. The molecule has 0 unspecified atom stereocenters. The van der Waals surface area contributed by atoms with E-state index in [4.69, 9.17) is 13.5 Å². The highest BCUT2D eigenvalue weighted by Gasteiger charge is 2.23. The van der Waals surface area contributed by atoms with Crippen LogP contribution in [0.4, 0.5) is 0 Å². The van der Waals surface area contributed by atoms with Crippen LogP contribution in [0.5, 0.6) is 28.7 Å². The van der Waals surface area contributed by atoms with Crippen LogP contribution in [-0.4, -0.2) is 74.5 Å². The van der Waals surface area contributed by atoms with Gasteiger partial charge < -0.3 is 39.4 Å². The molecule has 0 radical (unpaired) electrons. The second kappa shape index (κ2) is 16.6. The fraction of sp³-hybridized carbons (Fsp3) is 0.114. The normalized spacial score (nSPS) is 13.0. The summed E-state index contributed by atoms with van der Waals surface area (Å²) in [4.78, 5) is 13.7. The second-order valence-electron chi connectivity index (χ2n) is 14.2. The third-order valence-electron chi connectivity index (χ3n) is 10.1. The molecule has 3 heterocycles. The third-order valence-corrected chi connectivity index (χ3v) is 11.9. The Morgan fingerprint density at radius 2 is 1.26 bits per heavy atom. The molecule has 2 aromatic heterocycles. The van der Waals surface area contributed by atoms with Gasteiger partial charge in [-0.1, -0.05) is 72.8 Å². The summed E-state index contributed by atoms with van der Waals surface area (Å²) in [6.45, 7) is 3.19. The maximum Gasteiger partial charge on any atom is 0.295 e. The first-order chi connectivity index (χ1) is 28.9. The Bertz CT molecular complexity index is 3180. The Hall–Kier alpha value is -6.89. The van der Waals surface area contributed by atoms with E-state index in [0.717, 1.165) is 62.5 Å². The van der Waals surface area contributed by atoms with Gasteiger partial charge in [0.25, 0.3) is 20.2 Å². The number of aromatic nitrogens is 1. The van der Waals surface area contributed by atoms with Gasteiger partial charge in [-0.3, -0.25) is 13.9 Å². The third kappa shape index (κ3) is 8.72. The molecule has 1 aliphatic rings. The molecule has 17 heteroatoms. The number of phenols is 4. The molecule has 0 amide bonds. The molecule has 15 nitrogen and oxygen atoms in total. The Morgan fingerprint density at radius 1 is 0.656 bits per heavy atom. The fourth-order valence-corrected chi connectivity index (χ4v) is 8.73. The number of hydrogen-bond acceptors (Lipinski definition) is 12. The molecule has 0 fully saturated rings. The molecule has 0 atom stereocenters. The molecule has 9 rings (SSSR count). The van der Waals surface area contributed by atoms with E-state index in [-0.39, 0.29) is 44.6 Å². The van der Waals surface area contributed by atoms with Crippen molar-refractivity contribution in [2.45, 2.75) is 29.3 Å². The van der Waals surface area contributed by atoms with Crippen molar-refractivity contribution in [3.63, 3.8) is 0 Å². The number of aromatic hydroxyl groups is 5. The van der Waals surface area contributed by atoms with E-state index in [9.17, 15) is 47.2 Å². The number of phenolic OH excluding ortho intramolecular Hbond substituents is 4. The van der Waals surface area contributed by atoms with Crippen LogP contribution in [-0.2, 0) is 39.7 Å². The number of rotatable bonds is 5. The van der Waals surface area contributed by atoms with Gasteiger partial charge in [0.05, 0.1) is 0 Å². The first-order valence-electron chi connectivity index (χ1n) is 18.4. The molecule has 0 saturated carbocycles. The molecule has 0 spiro atoms. The predicted molar refractivity (Wildman–Crippen MR) is 227 cm³/mol. The predicted octanol–water partition coefficient (Wildman–Crippen LogP) is 7.00. The average Bonchev–Trinajstić information content (AvgIpc) is 3.51. The van der Waals surface area contributed by atoms with Crippen molar-refractivity contribution in [3.05, 3.63) is 148 Å².